The largest absolute Gasteiger partial charge is 0.419 e. The summed E-state index contributed by atoms with van der Waals surface area (Å²) < 4.78 is 8.68. The van der Waals surface area contributed by atoms with Gasteiger partial charge >= 0.3 is 5.76 Å². The molecule has 1 aromatic carbocycles. The molecule has 0 saturated carbocycles. The Balaban J connectivity index is 2.10. The third-order valence-corrected chi connectivity index (χ3v) is 5.58. The van der Waals surface area contributed by atoms with E-state index in [0.717, 1.165) is 24.2 Å². The molecule has 0 saturated heterocycles. The summed E-state index contributed by atoms with van der Waals surface area (Å²) in [5.74, 6) is -0.370. The minimum absolute atomic E-state index is 0.276. The summed E-state index contributed by atoms with van der Waals surface area (Å²) in [5, 5.41) is 0. The number of hydrogen-bond acceptors (Lipinski definition) is 4. The molecular formula is C13H10Br2N2O2S. The quantitative estimate of drug-likeness (QED) is 0.690. The Morgan fingerprint density at radius 2 is 2.10 bits per heavy atom. The van der Waals surface area contributed by atoms with Crippen LogP contribution < -0.4 is 11.5 Å². The number of aryl methyl sites for hydroxylation is 1. The Bertz CT molecular complexity index is 850. The molecule has 0 spiro atoms. The molecule has 4 nitrogen and oxygen atoms in total. The molecule has 3 rings (SSSR count). The van der Waals surface area contributed by atoms with E-state index in [1.54, 1.807) is 18.4 Å². The van der Waals surface area contributed by atoms with Gasteiger partial charge < -0.3 is 10.2 Å². The van der Waals surface area contributed by atoms with Crippen molar-refractivity contribution in [2.24, 2.45) is 12.8 Å². The molecule has 0 bridgehead atoms. The van der Waals surface area contributed by atoms with Gasteiger partial charge in [-0.25, -0.2) is 4.79 Å². The third-order valence-electron chi connectivity index (χ3n) is 3.19. The van der Waals surface area contributed by atoms with Crippen LogP contribution in [0.25, 0.3) is 11.1 Å². The van der Waals surface area contributed by atoms with E-state index >= 15 is 0 Å². The molecule has 0 radical (unpaired) electrons. The molecular weight excluding hydrogens is 408 g/mol. The van der Waals surface area contributed by atoms with Crippen molar-refractivity contribution in [3.8, 4) is 0 Å². The second-order valence-electron chi connectivity index (χ2n) is 4.41. The third kappa shape index (κ3) is 2.28. The van der Waals surface area contributed by atoms with Gasteiger partial charge in [-0.3, -0.25) is 4.57 Å². The first-order chi connectivity index (χ1) is 9.47. The minimum Gasteiger partial charge on any atom is -0.408 e. The van der Waals surface area contributed by atoms with Crippen LogP contribution in [0.15, 0.2) is 41.0 Å². The number of nitrogens with zero attached hydrogens (tertiary/aromatic N) is 1. The molecule has 1 atom stereocenters. The van der Waals surface area contributed by atoms with Crippen LogP contribution >= 0.6 is 43.2 Å². The lowest BCUT2D eigenvalue weighted by molar-refractivity contribution is 0.527. The Morgan fingerprint density at radius 1 is 1.35 bits per heavy atom. The molecule has 7 heteroatoms. The van der Waals surface area contributed by atoms with E-state index in [9.17, 15) is 4.79 Å². The standard InChI is InChI=1S/C13H10Br2N2O2S/c1-17-8-3-2-6(4-9(8)19-13(17)18)11(16)7-5-10(14)20-12(7)15/h2-5,11H,16H2,1H3. The first kappa shape index (κ1) is 14.1. The summed E-state index contributed by atoms with van der Waals surface area (Å²) in [4.78, 5) is 11.5. The molecule has 0 aliphatic rings. The Labute approximate surface area is 135 Å². The Kier molecular flexibility index (Phi) is 3.62. The fraction of sp³-hybridized carbons (Fsp3) is 0.154. The topological polar surface area (TPSA) is 61.2 Å². The zero-order chi connectivity index (χ0) is 14.4. The number of benzene rings is 1. The second-order valence-corrected chi connectivity index (χ2v) is 8.16. The molecule has 0 fully saturated rings. The normalized spacial score (nSPS) is 13.0. The fourth-order valence-electron chi connectivity index (χ4n) is 2.09. The van der Waals surface area contributed by atoms with Gasteiger partial charge in [-0.15, -0.1) is 11.3 Å². The highest BCUT2D eigenvalue weighted by molar-refractivity contribution is 9.12. The number of oxazole rings is 1. The van der Waals surface area contributed by atoms with Crippen LogP contribution in [-0.2, 0) is 7.05 Å². The van der Waals surface area contributed by atoms with Crippen LogP contribution in [0.3, 0.4) is 0 Å². The Morgan fingerprint density at radius 3 is 2.75 bits per heavy atom. The van der Waals surface area contributed by atoms with E-state index in [1.165, 1.54) is 4.57 Å². The first-order valence-corrected chi connectivity index (χ1v) is 8.17. The van der Waals surface area contributed by atoms with E-state index in [-0.39, 0.29) is 11.8 Å². The predicted molar refractivity (Wildman–Crippen MR) is 87.2 cm³/mol. The molecule has 2 heterocycles. The zero-order valence-electron chi connectivity index (χ0n) is 10.4. The van der Waals surface area contributed by atoms with Gasteiger partial charge in [-0.05, 0) is 61.2 Å². The smallest absolute Gasteiger partial charge is 0.408 e. The van der Waals surface area contributed by atoms with E-state index < -0.39 is 0 Å². The maximum atomic E-state index is 11.5. The van der Waals surface area contributed by atoms with Crippen molar-refractivity contribution in [3.05, 3.63) is 53.5 Å². The molecule has 0 amide bonds. The van der Waals surface area contributed by atoms with Crippen molar-refractivity contribution in [1.82, 2.24) is 4.57 Å². The van der Waals surface area contributed by atoms with Crippen LogP contribution in [0.2, 0.25) is 0 Å². The Hall–Kier alpha value is -0.890. The van der Waals surface area contributed by atoms with Gasteiger partial charge in [0.15, 0.2) is 5.58 Å². The van der Waals surface area contributed by atoms with Gasteiger partial charge in [0, 0.05) is 7.05 Å². The minimum atomic E-state index is -0.370. The van der Waals surface area contributed by atoms with Crippen molar-refractivity contribution in [1.29, 1.82) is 0 Å². The molecule has 20 heavy (non-hydrogen) atoms. The number of halogens is 2. The molecule has 3 aromatic rings. The van der Waals surface area contributed by atoms with E-state index in [2.05, 4.69) is 31.9 Å². The van der Waals surface area contributed by atoms with Crippen molar-refractivity contribution < 1.29 is 4.42 Å². The molecule has 104 valence electrons. The van der Waals surface area contributed by atoms with Crippen LogP contribution in [0.5, 0.6) is 0 Å². The lowest BCUT2D eigenvalue weighted by Crippen LogP contribution is -2.11. The summed E-state index contributed by atoms with van der Waals surface area (Å²) in [5.41, 5.74) is 9.51. The number of thiophene rings is 1. The van der Waals surface area contributed by atoms with Gasteiger partial charge in [0.1, 0.15) is 0 Å². The summed E-state index contributed by atoms with van der Waals surface area (Å²) >= 11 is 8.54. The lowest BCUT2D eigenvalue weighted by Gasteiger charge is -2.11. The number of fused-ring (bicyclic) bond motifs is 1. The van der Waals surface area contributed by atoms with Crippen LogP contribution in [-0.4, -0.2) is 4.57 Å². The van der Waals surface area contributed by atoms with Crippen molar-refractivity contribution in [2.75, 3.05) is 0 Å². The van der Waals surface area contributed by atoms with Crippen LogP contribution in [0.4, 0.5) is 0 Å². The van der Waals surface area contributed by atoms with Gasteiger partial charge in [0.25, 0.3) is 0 Å². The number of hydrogen-bond donors (Lipinski definition) is 1. The van der Waals surface area contributed by atoms with Crippen molar-refractivity contribution in [3.63, 3.8) is 0 Å². The van der Waals surface area contributed by atoms with Gasteiger partial charge in [-0.2, -0.15) is 0 Å². The number of nitrogens with two attached hydrogens (primary N) is 1. The predicted octanol–water partition coefficient (Wildman–Crippen LogP) is 3.77. The van der Waals surface area contributed by atoms with Gasteiger partial charge in [-0.1, -0.05) is 6.07 Å². The second kappa shape index (κ2) is 5.14. The number of aromatic nitrogens is 1. The van der Waals surface area contributed by atoms with Gasteiger partial charge in [0.05, 0.1) is 19.1 Å². The maximum absolute atomic E-state index is 11.5. The van der Waals surface area contributed by atoms with E-state index in [0.29, 0.717) is 5.58 Å². The average molecular weight is 418 g/mol. The molecule has 1 unspecified atom stereocenters. The highest BCUT2D eigenvalue weighted by Crippen LogP contribution is 2.37. The summed E-state index contributed by atoms with van der Waals surface area (Å²) in [6.07, 6.45) is 0. The highest BCUT2D eigenvalue weighted by atomic mass is 79.9. The SMILES string of the molecule is Cn1c(=O)oc2cc(C(N)c3cc(Br)sc3Br)ccc21. The molecule has 0 aliphatic carbocycles. The zero-order valence-corrected chi connectivity index (χ0v) is 14.4. The summed E-state index contributed by atoms with van der Waals surface area (Å²) in [7, 11) is 1.68. The van der Waals surface area contributed by atoms with Crippen LogP contribution in [0, 0.1) is 0 Å². The summed E-state index contributed by atoms with van der Waals surface area (Å²) in [6, 6.07) is 7.30. The monoisotopic (exact) mass is 416 g/mol. The summed E-state index contributed by atoms with van der Waals surface area (Å²) in [6.45, 7) is 0. The van der Waals surface area contributed by atoms with Crippen LogP contribution in [0.1, 0.15) is 17.2 Å². The van der Waals surface area contributed by atoms with Crippen molar-refractivity contribution >= 4 is 54.3 Å². The number of rotatable bonds is 2. The van der Waals surface area contributed by atoms with E-state index in [4.69, 9.17) is 10.2 Å². The highest BCUT2D eigenvalue weighted by Gasteiger charge is 2.17. The fourth-order valence-corrected chi connectivity index (χ4v) is 5.02. The molecule has 2 N–H and O–H groups in total. The van der Waals surface area contributed by atoms with E-state index in [1.807, 2.05) is 24.3 Å². The lowest BCUT2D eigenvalue weighted by atomic mass is 10.0. The molecule has 0 aliphatic heterocycles. The average Bonchev–Trinajstić information content (AvgIpc) is 2.89. The first-order valence-electron chi connectivity index (χ1n) is 5.77. The maximum Gasteiger partial charge on any atom is 0.419 e. The molecule has 2 aromatic heterocycles. The van der Waals surface area contributed by atoms with Crippen molar-refractivity contribution in [2.45, 2.75) is 6.04 Å². The van der Waals surface area contributed by atoms with Gasteiger partial charge in [0.2, 0.25) is 0 Å².